The molecule has 0 unspecified atom stereocenters. The molecule has 3 atom stereocenters. The molecule has 0 aromatic heterocycles. The molecule has 2 rings (SSSR count). The number of rotatable bonds is 10. The number of hydrogen-bond acceptors (Lipinski definition) is 4. The highest BCUT2D eigenvalue weighted by atomic mass is 28.4. The molecule has 4 nitrogen and oxygen atoms in total. The summed E-state index contributed by atoms with van der Waals surface area (Å²) in [6, 6.07) is 21.2. The molecule has 0 aliphatic heterocycles. The van der Waals surface area contributed by atoms with E-state index in [4.69, 9.17) is 9.16 Å². The number of aliphatic hydroxyl groups excluding tert-OH is 1. The number of esters is 1. The van der Waals surface area contributed by atoms with Gasteiger partial charge in [0.25, 0.3) is 8.32 Å². The van der Waals surface area contributed by atoms with Gasteiger partial charge in [-0.2, -0.15) is 0 Å². The number of carbonyl (C=O) groups excluding carboxylic acids is 1. The molecule has 0 fully saturated rings. The summed E-state index contributed by atoms with van der Waals surface area (Å²) in [5.41, 5.74) is 0. The first kappa shape index (κ1) is 25.3. The number of hydrogen-bond donors (Lipinski definition) is 1. The van der Waals surface area contributed by atoms with Gasteiger partial charge in [0.2, 0.25) is 0 Å². The quantitative estimate of drug-likeness (QED) is 0.341. The molecule has 2 aromatic carbocycles. The Morgan fingerprint density at radius 3 is 1.87 bits per heavy atom. The molecule has 0 heterocycles. The zero-order chi connectivity index (χ0) is 23.1. The molecule has 0 amide bonds. The van der Waals surface area contributed by atoms with Crippen molar-refractivity contribution >= 4 is 24.7 Å². The summed E-state index contributed by atoms with van der Waals surface area (Å²) >= 11 is 0. The lowest BCUT2D eigenvalue weighted by Gasteiger charge is -2.43. The molecule has 5 heteroatoms. The number of carbonyl (C=O) groups is 1. The standard InChI is InChI=1S/C26H38O4Si/c1-20(24(27)21(2)25(28)29-6)14-13-19-30-31(26(3,4)5,22-15-9-7-10-16-22)23-17-11-8-12-18-23/h7-12,15-18,20-21,24,27H,13-14,19H2,1-6H3/t20-,21+,24+/m0/s1. The van der Waals surface area contributed by atoms with Crippen LogP contribution in [0.5, 0.6) is 0 Å². The minimum absolute atomic E-state index is 0.0168. The Kier molecular flexibility index (Phi) is 9.04. The lowest BCUT2D eigenvalue weighted by molar-refractivity contribution is -0.149. The van der Waals surface area contributed by atoms with E-state index in [1.165, 1.54) is 17.5 Å². The zero-order valence-corrected chi connectivity index (χ0v) is 20.8. The van der Waals surface area contributed by atoms with Gasteiger partial charge in [0.05, 0.1) is 19.1 Å². The number of methoxy groups -OCH3 is 1. The van der Waals surface area contributed by atoms with Gasteiger partial charge in [-0.05, 0) is 41.1 Å². The number of ether oxygens (including phenoxy) is 1. The largest absolute Gasteiger partial charge is 0.469 e. The fourth-order valence-electron chi connectivity index (χ4n) is 4.38. The van der Waals surface area contributed by atoms with Crippen molar-refractivity contribution in [3.05, 3.63) is 60.7 Å². The van der Waals surface area contributed by atoms with Crippen LogP contribution in [-0.2, 0) is 14.0 Å². The van der Waals surface area contributed by atoms with Crippen LogP contribution in [0.25, 0.3) is 0 Å². The average molecular weight is 443 g/mol. The van der Waals surface area contributed by atoms with E-state index in [2.05, 4.69) is 69.3 Å². The highest BCUT2D eigenvalue weighted by Crippen LogP contribution is 2.37. The van der Waals surface area contributed by atoms with E-state index in [-0.39, 0.29) is 16.9 Å². The minimum atomic E-state index is -2.53. The van der Waals surface area contributed by atoms with Gasteiger partial charge in [-0.3, -0.25) is 4.79 Å². The van der Waals surface area contributed by atoms with E-state index in [0.29, 0.717) is 6.61 Å². The summed E-state index contributed by atoms with van der Waals surface area (Å²) < 4.78 is 11.7. The molecule has 170 valence electrons. The van der Waals surface area contributed by atoms with Gasteiger partial charge in [0.15, 0.2) is 0 Å². The third-order valence-corrected chi connectivity index (χ3v) is 11.2. The topological polar surface area (TPSA) is 55.8 Å². The summed E-state index contributed by atoms with van der Waals surface area (Å²) in [7, 11) is -1.18. The second kappa shape index (κ2) is 11.1. The highest BCUT2D eigenvalue weighted by Gasteiger charge is 2.49. The van der Waals surface area contributed by atoms with Crippen LogP contribution in [0.4, 0.5) is 0 Å². The Labute approximate surface area is 188 Å². The van der Waals surface area contributed by atoms with Crippen molar-refractivity contribution in [2.45, 2.75) is 58.6 Å². The first-order chi connectivity index (χ1) is 14.6. The van der Waals surface area contributed by atoms with Gasteiger partial charge in [0, 0.05) is 6.61 Å². The van der Waals surface area contributed by atoms with E-state index < -0.39 is 20.3 Å². The second-order valence-electron chi connectivity index (χ2n) is 9.43. The van der Waals surface area contributed by atoms with E-state index in [1.807, 2.05) is 19.1 Å². The van der Waals surface area contributed by atoms with Crippen LogP contribution in [0.2, 0.25) is 5.04 Å². The lowest BCUT2D eigenvalue weighted by Crippen LogP contribution is -2.66. The van der Waals surface area contributed by atoms with Gasteiger partial charge >= 0.3 is 5.97 Å². The zero-order valence-electron chi connectivity index (χ0n) is 19.8. The van der Waals surface area contributed by atoms with Crippen molar-refractivity contribution in [1.82, 2.24) is 0 Å². The molecule has 0 radical (unpaired) electrons. The van der Waals surface area contributed by atoms with E-state index in [9.17, 15) is 9.90 Å². The average Bonchev–Trinajstić information content (AvgIpc) is 2.77. The van der Waals surface area contributed by atoms with Crippen molar-refractivity contribution in [2.24, 2.45) is 11.8 Å². The number of aliphatic hydroxyl groups is 1. The molecule has 2 aromatic rings. The van der Waals surface area contributed by atoms with E-state index in [0.717, 1.165) is 12.8 Å². The van der Waals surface area contributed by atoms with Crippen LogP contribution in [0.1, 0.15) is 47.5 Å². The van der Waals surface area contributed by atoms with Crippen LogP contribution in [0.15, 0.2) is 60.7 Å². The highest BCUT2D eigenvalue weighted by molar-refractivity contribution is 6.99. The van der Waals surface area contributed by atoms with Crippen molar-refractivity contribution in [2.75, 3.05) is 13.7 Å². The maximum absolute atomic E-state index is 11.7. The Morgan fingerprint density at radius 2 is 1.45 bits per heavy atom. The van der Waals surface area contributed by atoms with Crippen LogP contribution in [-0.4, -0.2) is 39.2 Å². The van der Waals surface area contributed by atoms with Crippen LogP contribution in [0.3, 0.4) is 0 Å². The molecule has 1 N–H and O–H groups in total. The molecule has 0 saturated heterocycles. The fourth-order valence-corrected chi connectivity index (χ4v) is 8.99. The molecule has 0 bridgehead atoms. The summed E-state index contributed by atoms with van der Waals surface area (Å²) in [5, 5.41) is 13.0. The monoisotopic (exact) mass is 442 g/mol. The molecule has 0 spiro atoms. The third-order valence-electron chi connectivity index (χ3n) is 6.21. The molecular formula is C26H38O4Si. The molecular weight excluding hydrogens is 404 g/mol. The van der Waals surface area contributed by atoms with Crippen LogP contribution >= 0.6 is 0 Å². The maximum atomic E-state index is 11.7. The molecule has 0 saturated carbocycles. The second-order valence-corrected chi connectivity index (χ2v) is 13.7. The van der Waals surface area contributed by atoms with Crippen molar-refractivity contribution in [1.29, 1.82) is 0 Å². The predicted octanol–water partition coefficient (Wildman–Crippen LogP) is 4.15. The van der Waals surface area contributed by atoms with E-state index in [1.54, 1.807) is 6.92 Å². The number of benzene rings is 2. The minimum Gasteiger partial charge on any atom is -0.469 e. The molecule has 0 aliphatic carbocycles. The predicted molar refractivity (Wildman–Crippen MR) is 129 cm³/mol. The fraction of sp³-hybridized carbons (Fsp3) is 0.500. The first-order valence-electron chi connectivity index (χ1n) is 11.2. The Hall–Kier alpha value is -1.95. The normalized spacial score (nSPS) is 15.2. The van der Waals surface area contributed by atoms with Gasteiger partial charge in [-0.15, -0.1) is 0 Å². The van der Waals surface area contributed by atoms with Crippen molar-refractivity contribution in [3.8, 4) is 0 Å². The van der Waals surface area contributed by atoms with Gasteiger partial charge in [0.1, 0.15) is 0 Å². The van der Waals surface area contributed by atoms with Gasteiger partial charge in [-0.25, -0.2) is 0 Å². The van der Waals surface area contributed by atoms with Gasteiger partial charge in [-0.1, -0.05) is 88.4 Å². The summed E-state index contributed by atoms with van der Waals surface area (Å²) in [4.78, 5) is 11.7. The first-order valence-corrected chi connectivity index (χ1v) is 13.1. The van der Waals surface area contributed by atoms with Crippen molar-refractivity contribution in [3.63, 3.8) is 0 Å². The summed E-state index contributed by atoms with van der Waals surface area (Å²) in [6.45, 7) is 11.1. The third kappa shape index (κ3) is 5.85. The van der Waals surface area contributed by atoms with Crippen LogP contribution in [0, 0.1) is 11.8 Å². The van der Waals surface area contributed by atoms with Crippen LogP contribution < -0.4 is 10.4 Å². The Morgan fingerprint density at radius 1 is 0.968 bits per heavy atom. The molecule has 31 heavy (non-hydrogen) atoms. The maximum Gasteiger partial charge on any atom is 0.311 e. The van der Waals surface area contributed by atoms with Gasteiger partial charge < -0.3 is 14.3 Å². The Balaban J connectivity index is 2.19. The van der Waals surface area contributed by atoms with Crippen molar-refractivity contribution < 1.29 is 19.1 Å². The Bertz CT molecular complexity index is 762. The SMILES string of the molecule is COC(=O)[C@H](C)[C@H](O)[C@@H](C)CCCO[Si](c1ccccc1)(c1ccccc1)C(C)(C)C. The van der Waals surface area contributed by atoms with E-state index >= 15 is 0 Å². The summed E-state index contributed by atoms with van der Waals surface area (Å²) in [6.07, 6.45) is 0.873. The smallest absolute Gasteiger partial charge is 0.311 e. The molecule has 0 aliphatic rings. The lowest BCUT2D eigenvalue weighted by atomic mass is 9.90. The summed E-state index contributed by atoms with van der Waals surface area (Å²) in [5.74, 6) is -0.919.